The van der Waals surface area contributed by atoms with Crippen LogP contribution in [-0.4, -0.2) is 15.5 Å². The van der Waals surface area contributed by atoms with Crippen molar-refractivity contribution < 1.29 is 4.79 Å². The number of rotatable bonds is 3. The molecule has 5 nitrogen and oxygen atoms in total. The number of amides is 1. The summed E-state index contributed by atoms with van der Waals surface area (Å²) in [6.07, 6.45) is 1.52. The van der Waals surface area contributed by atoms with Crippen LogP contribution in [0.2, 0.25) is 0 Å². The Kier molecular flexibility index (Phi) is 4.32. The third-order valence-electron chi connectivity index (χ3n) is 3.57. The van der Waals surface area contributed by atoms with Crippen molar-refractivity contribution in [1.82, 2.24) is 9.55 Å². The summed E-state index contributed by atoms with van der Waals surface area (Å²) in [5.41, 5.74) is 1.28. The van der Waals surface area contributed by atoms with Gasteiger partial charge in [0.05, 0.1) is 16.6 Å². The van der Waals surface area contributed by atoms with E-state index >= 15 is 0 Å². The number of fused-ring (bicyclic) bond motifs is 1. The van der Waals surface area contributed by atoms with E-state index in [0.29, 0.717) is 32.9 Å². The first kappa shape index (κ1) is 15.9. The molecule has 0 unspecified atom stereocenters. The average molecular weight is 392 g/mol. The Morgan fingerprint density at radius 3 is 2.70 bits per heavy atom. The smallest absolute Gasteiger partial charge is 0.266 e. The Balaban J connectivity index is 2.01. The number of carbonyl (C=O) groups excluding carboxylic acids is 1. The number of hydrogen-bond donors (Lipinski definition) is 1. The monoisotopic (exact) mass is 391 g/mol. The Morgan fingerprint density at radius 1 is 1.35 bits per heavy atom. The Bertz CT molecular complexity index is 944. The lowest BCUT2D eigenvalue weighted by Gasteiger charge is -2.04. The van der Waals surface area contributed by atoms with Gasteiger partial charge in [0.15, 0.2) is 0 Å². The number of halogens is 1. The van der Waals surface area contributed by atoms with Crippen LogP contribution in [-0.2, 0) is 6.54 Å². The van der Waals surface area contributed by atoms with Crippen molar-refractivity contribution in [2.75, 3.05) is 5.32 Å². The maximum absolute atomic E-state index is 12.5. The molecule has 0 aliphatic rings. The van der Waals surface area contributed by atoms with Gasteiger partial charge in [-0.05, 0) is 43.7 Å². The summed E-state index contributed by atoms with van der Waals surface area (Å²) in [6, 6.07) is 7.34. The molecule has 2 aromatic heterocycles. The van der Waals surface area contributed by atoms with Gasteiger partial charge >= 0.3 is 0 Å². The zero-order chi connectivity index (χ0) is 16.6. The van der Waals surface area contributed by atoms with E-state index in [9.17, 15) is 9.59 Å². The molecule has 0 bridgehead atoms. The molecule has 0 aliphatic carbocycles. The fourth-order valence-corrected chi connectivity index (χ4v) is 3.62. The van der Waals surface area contributed by atoms with Crippen molar-refractivity contribution in [1.29, 1.82) is 0 Å². The highest BCUT2D eigenvalue weighted by Gasteiger charge is 2.19. The Labute approximate surface area is 145 Å². The second-order valence-corrected chi connectivity index (χ2v) is 6.95. The molecule has 1 aromatic carbocycles. The third-order valence-corrected chi connectivity index (χ3v) is 5.29. The van der Waals surface area contributed by atoms with Crippen molar-refractivity contribution in [3.8, 4) is 0 Å². The number of benzene rings is 1. The van der Waals surface area contributed by atoms with Gasteiger partial charge in [-0.25, -0.2) is 4.98 Å². The van der Waals surface area contributed by atoms with Crippen LogP contribution in [0.15, 0.2) is 39.9 Å². The van der Waals surface area contributed by atoms with Crippen LogP contribution in [0.4, 0.5) is 5.69 Å². The van der Waals surface area contributed by atoms with E-state index in [2.05, 4.69) is 26.2 Å². The second-order valence-electron chi connectivity index (χ2n) is 5.03. The zero-order valence-corrected chi connectivity index (χ0v) is 15.0. The molecule has 3 aromatic rings. The Hall–Kier alpha value is -1.99. The zero-order valence-electron chi connectivity index (χ0n) is 12.6. The third kappa shape index (κ3) is 2.94. The predicted octanol–water partition coefficient (Wildman–Crippen LogP) is 3.80. The maximum Gasteiger partial charge on any atom is 0.266 e. The molecule has 0 saturated carbocycles. The maximum atomic E-state index is 12.5. The fraction of sp³-hybridized carbons (Fsp3) is 0.188. The van der Waals surface area contributed by atoms with Gasteiger partial charge in [-0.15, -0.1) is 11.3 Å². The first-order chi connectivity index (χ1) is 11.0. The SMILES string of the molecule is CCn1cnc2sc(C(=O)Nc3ccc(Br)cc3)c(C)c2c1=O. The van der Waals surface area contributed by atoms with Crippen LogP contribution in [0.3, 0.4) is 0 Å². The largest absolute Gasteiger partial charge is 0.321 e. The van der Waals surface area contributed by atoms with Crippen LogP contribution in [0, 0.1) is 6.92 Å². The lowest BCUT2D eigenvalue weighted by atomic mass is 10.2. The summed E-state index contributed by atoms with van der Waals surface area (Å²) in [5.74, 6) is -0.227. The summed E-state index contributed by atoms with van der Waals surface area (Å²) >= 11 is 4.60. The number of nitrogens with zero attached hydrogens (tertiary/aromatic N) is 2. The van der Waals surface area contributed by atoms with E-state index in [1.165, 1.54) is 17.7 Å². The summed E-state index contributed by atoms with van der Waals surface area (Å²) < 4.78 is 2.48. The van der Waals surface area contributed by atoms with Gasteiger partial charge in [-0.2, -0.15) is 0 Å². The quantitative estimate of drug-likeness (QED) is 0.738. The highest BCUT2D eigenvalue weighted by Crippen LogP contribution is 2.27. The first-order valence-corrected chi connectivity index (χ1v) is 8.67. The topological polar surface area (TPSA) is 64.0 Å². The average Bonchev–Trinajstić information content (AvgIpc) is 2.88. The molecule has 23 heavy (non-hydrogen) atoms. The number of anilines is 1. The van der Waals surface area contributed by atoms with Crippen molar-refractivity contribution in [2.24, 2.45) is 0 Å². The van der Waals surface area contributed by atoms with E-state index in [1.807, 2.05) is 31.2 Å². The summed E-state index contributed by atoms with van der Waals surface area (Å²) in [6.45, 7) is 4.23. The molecule has 7 heteroatoms. The van der Waals surface area contributed by atoms with Gasteiger partial charge in [0.1, 0.15) is 4.83 Å². The minimum Gasteiger partial charge on any atom is -0.321 e. The molecule has 1 amide bonds. The van der Waals surface area contributed by atoms with Crippen LogP contribution in [0.1, 0.15) is 22.2 Å². The number of aromatic nitrogens is 2. The lowest BCUT2D eigenvalue weighted by Crippen LogP contribution is -2.19. The highest BCUT2D eigenvalue weighted by molar-refractivity contribution is 9.10. The van der Waals surface area contributed by atoms with Gasteiger partial charge in [0, 0.05) is 16.7 Å². The van der Waals surface area contributed by atoms with E-state index in [1.54, 1.807) is 11.5 Å². The number of hydrogen-bond acceptors (Lipinski definition) is 4. The minimum absolute atomic E-state index is 0.103. The molecule has 118 valence electrons. The minimum atomic E-state index is -0.227. The molecule has 2 heterocycles. The predicted molar refractivity (Wildman–Crippen MR) is 96.4 cm³/mol. The summed E-state index contributed by atoms with van der Waals surface area (Å²) in [4.78, 5) is 30.3. The van der Waals surface area contributed by atoms with Crippen LogP contribution in [0.25, 0.3) is 10.2 Å². The molecule has 0 fully saturated rings. The summed E-state index contributed by atoms with van der Waals surface area (Å²) in [7, 11) is 0. The van der Waals surface area contributed by atoms with Gasteiger partial charge in [-0.1, -0.05) is 15.9 Å². The van der Waals surface area contributed by atoms with E-state index in [4.69, 9.17) is 0 Å². The van der Waals surface area contributed by atoms with Crippen molar-refractivity contribution in [3.63, 3.8) is 0 Å². The fourth-order valence-electron chi connectivity index (χ4n) is 2.32. The van der Waals surface area contributed by atoms with E-state index < -0.39 is 0 Å². The Morgan fingerprint density at radius 2 is 2.04 bits per heavy atom. The van der Waals surface area contributed by atoms with Gasteiger partial charge in [-0.3, -0.25) is 14.2 Å². The van der Waals surface area contributed by atoms with Gasteiger partial charge in [0.2, 0.25) is 0 Å². The summed E-state index contributed by atoms with van der Waals surface area (Å²) in [5, 5.41) is 3.38. The molecule has 0 atom stereocenters. The molecule has 0 saturated heterocycles. The highest BCUT2D eigenvalue weighted by atomic mass is 79.9. The van der Waals surface area contributed by atoms with Crippen LogP contribution in [0.5, 0.6) is 0 Å². The standard InChI is InChI=1S/C16H14BrN3O2S/c1-3-20-8-18-15-12(16(20)22)9(2)13(23-15)14(21)19-11-6-4-10(17)5-7-11/h4-8H,3H2,1-2H3,(H,19,21). The van der Waals surface area contributed by atoms with Crippen molar-refractivity contribution in [2.45, 2.75) is 20.4 Å². The molecule has 1 N–H and O–H groups in total. The lowest BCUT2D eigenvalue weighted by molar-refractivity contribution is 0.103. The molecular formula is C16H14BrN3O2S. The number of nitrogens with one attached hydrogen (secondary N) is 1. The second kappa shape index (κ2) is 6.25. The molecule has 0 radical (unpaired) electrons. The van der Waals surface area contributed by atoms with Crippen molar-refractivity contribution >= 4 is 49.1 Å². The van der Waals surface area contributed by atoms with E-state index in [0.717, 1.165) is 4.47 Å². The molecule has 3 rings (SSSR count). The van der Waals surface area contributed by atoms with Crippen LogP contribution >= 0.6 is 27.3 Å². The van der Waals surface area contributed by atoms with Gasteiger partial charge < -0.3 is 5.32 Å². The van der Waals surface area contributed by atoms with Gasteiger partial charge in [0.25, 0.3) is 11.5 Å². The van der Waals surface area contributed by atoms with Crippen LogP contribution < -0.4 is 10.9 Å². The molecule has 0 spiro atoms. The first-order valence-electron chi connectivity index (χ1n) is 7.06. The van der Waals surface area contributed by atoms with E-state index in [-0.39, 0.29) is 11.5 Å². The number of thiophene rings is 1. The molecular weight excluding hydrogens is 378 g/mol. The molecule has 0 aliphatic heterocycles. The van der Waals surface area contributed by atoms with Crippen molar-refractivity contribution in [3.05, 3.63) is 55.9 Å². The number of carbonyl (C=O) groups is 1. The number of aryl methyl sites for hydroxylation is 2. The normalized spacial score (nSPS) is 10.9.